The van der Waals surface area contributed by atoms with Crippen LogP contribution in [-0.2, 0) is 16.2 Å². The molecule has 1 saturated heterocycles. The molecular formula is C30H31NO5. The first-order valence-electron chi connectivity index (χ1n) is 12.1. The largest absolute Gasteiger partial charge is 0.507 e. The van der Waals surface area contributed by atoms with E-state index in [9.17, 15) is 14.7 Å². The van der Waals surface area contributed by atoms with Crippen LogP contribution in [-0.4, -0.2) is 35.4 Å². The zero-order chi connectivity index (χ0) is 25.8. The number of hydrogen-bond acceptors (Lipinski definition) is 5. The normalized spacial score (nSPS) is 16.9. The van der Waals surface area contributed by atoms with Gasteiger partial charge < -0.3 is 19.5 Å². The van der Waals surface area contributed by atoms with Crippen LogP contribution < -0.4 is 9.47 Å². The Morgan fingerprint density at radius 3 is 2.42 bits per heavy atom. The van der Waals surface area contributed by atoms with Crippen LogP contribution in [0.4, 0.5) is 0 Å². The summed E-state index contributed by atoms with van der Waals surface area (Å²) in [4.78, 5) is 27.8. The van der Waals surface area contributed by atoms with Crippen molar-refractivity contribution < 1.29 is 24.2 Å². The second-order valence-corrected chi connectivity index (χ2v) is 9.00. The lowest BCUT2D eigenvalue weighted by Crippen LogP contribution is -2.30. The number of aliphatic hydroxyl groups is 1. The second kappa shape index (κ2) is 10.7. The van der Waals surface area contributed by atoms with E-state index in [-0.39, 0.29) is 11.3 Å². The number of aliphatic hydroxyl groups excluding tert-OH is 1. The standard InChI is InChI=1S/C30H31NO5/c1-5-15-31-27(26(29(33)30(31)34)28(32)23-16-19(2)11-12-20(23)3)22-13-14-24(25(17-22)35-4)36-18-21-9-7-6-8-10-21/h6-14,16-17,27,32H,5,15,18H2,1-4H3/b28-26+. The molecule has 1 atom stereocenters. The van der Waals surface area contributed by atoms with Gasteiger partial charge >= 0.3 is 0 Å². The Hall–Kier alpha value is -4.06. The van der Waals surface area contributed by atoms with Crippen LogP contribution in [0.15, 0.2) is 72.3 Å². The van der Waals surface area contributed by atoms with Crippen LogP contribution in [0.1, 0.15) is 47.2 Å². The molecule has 1 aliphatic rings. The molecule has 1 heterocycles. The lowest BCUT2D eigenvalue weighted by Gasteiger charge is -2.25. The van der Waals surface area contributed by atoms with Gasteiger partial charge in [-0.15, -0.1) is 0 Å². The maximum Gasteiger partial charge on any atom is 0.295 e. The molecule has 4 rings (SSSR count). The van der Waals surface area contributed by atoms with E-state index in [1.807, 2.05) is 75.4 Å². The zero-order valence-corrected chi connectivity index (χ0v) is 21.1. The third kappa shape index (κ3) is 4.85. The maximum absolute atomic E-state index is 13.2. The number of likely N-dealkylation sites (tertiary alicyclic amines) is 1. The van der Waals surface area contributed by atoms with Crippen molar-refractivity contribution in [1.82, 2.24) is 4.90 Å². The molecule has 1 aliphatic heterocycles. The smallest absolute Gasteiger partial charge is 0.295 e. The number of ether oxygens (including phenoxy) is 2. The van der Waals surface area contributed by atoms with E-state index < -0.39 is 17.7 Å². The summed E-state index contributed by atoms with van der Waals surface area (Å²) in [5.74, 6) is -0.432. The fourth-order valence-electron chi connectivity index (χ4n) is 4.54. The highest BCUT2D eigenvalue weighted by molar-refractivity contribution is 6.46. The van der Waals surface area contributed by atoms with E-state index in [4.69, 9.17) is 9.47 Å². The van der Waals surface area contributed by atoms with Crippen molar-refractivity contribution in [2.45, 2.75) is 39.8 Å². The third-order valence-corrected chi connectivity index (χ3v) is 6.39. The minimum absolute atomic E-state index is 0.0853. The van der Waals surface area contributed by atoms with E-state index in [0.717, 1.165) is 16.7 Å². The Balaban J connectivity index is 1.78. The second-order valence-electron chi connectivity index (χ2n) is 9.00. The summed E-state index contributed by atoms with van der Waals surface area (Å²) >= 11 is 0. The maximum atomic E-state index is 13.2. The number of ketones is 1. The highest BCUT2D eigenvalue weighted by atomic mass is 16.5. The van der Waals surface area contributed by atoms with Crippen LogP contribution in [0, 0.1) is 13.8 Å². The Morgan fingerprint density at radius 1 is 0.972 bits per heavy atom. The summed E-state index contributed by atoms with van der Waals surface area (Å²) in [6, 6.07) is 20.1. The summed E-state index contributed by atoms with van der Waals surface area (Å²) in [6.07, 6.45) is 0.669. The molecule has 1 N–H and O–H groups in total. The Labute approximate surface area is 211 Å². The molecule has 0 saturated carbocycles. The first-order chi connectivity index (χ1) is 17.3. The monoisotopic (exact) mass is 485 g/mol. The van der Waals surface area contributed by atoms with Crippen molar-refractivity contribution in [2.24, 2.45) is 0 Å². The van der Waals surface area contributed by atoms with E-state index in [0.29, 0.717) is 42.2 Å². The topological polar surface area (TPSA) is 76.1 Å². The van der Waals surface area contributed by atoms with Gasteiger partial charge in [0.05, 0.1) is 18.7 Å². The average molecular weight is 486 g/mol. The first-order valence-corrected chi connectivity index (χ1v) is 12.1. The van der Waals surface area contributed by atoms with Crippen molar-refractivity contribution in [3.63, 3.8) is 0 Å². The number of rotatable bonds is 8. The van der Waals surface area contributed by atoms with Gasteiger partial charge in [0, 0.05) is 12.1 Å². The summed E-state index contributed by atoms with van der Waals surface area (Å²) in [6.45, 7) is 6.49. The first kappa shape index (κ1) is 25.0. The molecule has 0 bridgehead atoms. The minimum atomic E-state index is -0.734. The van der Waals surface area contributed by atoms with Crippen LogP contribution in [0.3, 0.4) is 0 Å². The van der Waals surface area contributed by atoms with Crippen LogP contribution in [0.2, 0.25) is 0 Å². The highest BCUT2D eigenvalue weighted by Crippen LogP contribution is 2.42. The van der Waals surface area contributed by atoms with E-state index in [1.165, 1.54) is 4.90 Å². The van der Waals surface area contributed by atoms with Gasteiger partial charge in [-0.1, -0.05) is 61.0 Å². The summed E-state index contributed by atoms with van der Waals surface area (Å²) in [5, 5.41) is 11.3. The Kier molecular flexibility index (Phi) is 7.44. The molecule has 1 fully saturated rings. The van der Waals surface area contributed by atoms with E-state index in [1.54, 1.807) is 19.2 Å². The van der Waals surface area contributed by atoms with E-state index in [2.05, 4.69) is 0 Å². The molecule has 186 valence electrons. The predicted octanol–water partition coefficient (Wildman–Crippen LogP) is 5.72. The Morgan fingerprint density at radius 2 is 1.72 bits per heavy atom. The van der Waals surface area contributed by atoms with Crippen molar-refractivity contribution in [3.05, 3.63) is 100 Å². The Bertz CT molecular complexity index is 1310. The van der Waals surface area contributed by atoms with E-state index >= 15 is 0 Å². The molecule has 0 spiro atoms. The fourth-order valence-corrected chi connectivity index (χ4v) is 4.54. The average Bonchev–Trinajstić information content (AvgIpc) is 3.14. The van der Waals surface area contributed by atoms with Gasteiger partial charge in [0.15, 0.2) is 11.5 Å². The van der Waals surface area contributed by atoms with Gasteiger partial charge in [0.1, 0.15) is 12.4 Å². The van der Waals surface area contributed by atoms with Gasteiger partial charge in [-0.2, -0.15) is 0 Å². The number of hydrogen-bond donors (Lipinski definition) is 1. The number of methoxy groups -OCH3 is 1. The summed E-state index contributed by atoms with van der Waals surface area (Å²) < 4.78 is 11.6. The van der Waals surface area contributed by atoms with Gasteiger partial charge in [-0.3, -0.25) is 9.59 Å². The summed E-state index contributed by atoms with van der Waals surface area (Å²) in [7, 11) is 1.55. The minimum Gasteiger partial charge on any atom is -0.507 e. The number of carbonyl (C=O) groups is 2. The molecule has 1 amide bonds. The van der Waals surface area contributed by atoms with Gasteiger partial charge in [-0.05, 0) is 55.2 Å². The molecule has 3 aromatic carbocycles. The van der Waals surface area contributed by atoms with Crippen molar-refractivity contribution in [2.75, 3.05) is 13.7 Å². The molecular weight excluding hydrogens is 454 g/mol. The number of benzene rings is 3. The number of carbonyl (C=O) groups excluding carboxylic acids is 2. The van der Waals surface area contributed by atoms with Gasteiger partial charge in [-0.25, -0.2) is 0 Å². The van der Waals surface area contributed by atoms with Crippen molar-refractivity contribution in [1.29, 1.82) is 0 Å². The molecule has 0 aromatic heterocycles. The SMILES string of the molecule is CCCN1C(=O)C(=O)/C(=C(/O)c2cc(C)ccc2C)C1c1ccc(OCc2ccccc2)c(OC)c1. The molecule has 3 aromatic rings. The highest BCUT2D eigenvalue weighted by Gasteiger charge is 2.46. The predicted molar refractivity (Wildman–Crippen MR) is 139 cm³/mol. The molecule has 6 heteroatoms. The fraction of sp³-hybridized carbons (Fsp3) is 0.267. The van der Waals surface area contributed by atoms with Gasteiger partial charge in [0.25, 0.3) is 11.7 Å². The quantitative estimate of drug-likeness (QED) is 0.251. The molecule has 36 heavy (non-hydrogen) atoms. The molecule has 0 aliphatic carbocycles. The summed E-state index contributed by atoms with van der Waals surface area (Å²) in [5.41, 5.74) is 4.09. The number of amides is 1. The lowest BCUT2D eigenvalue weighted by molar-refractivity contribution is -0.139. The number of nitrogens with zero attached hydrogens (tertiary/aromatic N) is 1. The zero-order valence-electron chi connectivity index (χ0n) is 21.1. The number of Topliss-reactive ketones (excluding diaryl/α,β-unsaturated/α-hetero) is 1. The van der Waals surface area contributed by atoms with Crippen molar-refractivity contribution in [3.8, 4) is 11.5 Å². The van der Waals surface area contributed by atoms with Crippen LogP contribution in [0.25, 0.3) is 5.76 Å². The number of aryl methyl sites for hydroxylation is 2. The van der Waals surface area contributed by atoms with Gasteiger partial charge in [0.2, 0.25) is 0 Å². The lowest BCUT2D eigenvalue weighted by atomic mass is 9.93. The van der Waals surface area contributed by atoms with Crippen LogP contribution >= 0.6 is 0 Å². The van der Waals surface area contributed by atoms with Crippen LogP contribution in [0.5, 0.6) is 11.5 Å². The third-order valence-electron chi connectivity index (χ3n) is 6.39. The van der Waals surface area contributed by atoms with Crippen molar-refractivity contribution >= 4 is 17.4 Å². The molecule has 6 nitrogen and oxygen atoms in total. The molecule has 0 radical (unpaired) electrons. The molecule has 1 unspecified atom stereocenters.